The number of nitrogens with one attached hydrogen (secondary N) is 2. The molecule has 0 unspecified atom stereocenters. The highest BCUT2D eigenvalue weighted by atomic mass is 16.2. The van der Waals surface area contributed by atoms with Crippen molar-refractivity contribution in [1.82, 2.24) is 24.4 Å². The van der Waals surface area contributed by atoms with Gasteiger partial charge in [-0.15, -0.1) is 0 Å². The molecule has 1 saturated heterocycles. The second-order valence-corrected chi connectivity index (χ2v) is 6.59. The van der Waals surface area contributed by atoms with Crippen LogP contribution in [-0.2, 0) is 18.3 Å². The number of piperidine rings is 1. The number of carbonyl (C=O) groups is 1. The SMILES string of the molecule is Cc1nc([C@@H]2CCCN(C(=O)Cc3c[nH]c(=O)n(C)c3=O)C2)cc(=O)[nH]1. The second kappa shape index (κ2) is 7.11. The van der Waals surface area contributed by atoms with Gasteiger partial charge in [-0.05, 0) is 19.8 Å². The minimum Gasteiger partial charge on any atom is -0.342 e. The number of aryl methyl sites for hydroxylation is 1. The summed E-state index contributed by atoms with van der Waals surface area (Å²) in [7, 11) is 1.37. The Morgan fingerprint density at radius 2 is 2.12 bits per heavy atom. The Labute approximate surface area is 148 Å². The lowest BCUT2D eigenvalue weighted by atomic mass is 9.94. The van der Waals surface area contributed by atoms with E-state index >= 15 is 0 Å². The molecule has 0 saturated carbocycles. The molecule has 2 aromatic heterocycles. The first-order chi connectivity index (χ1) is 12.3. The molecule has 3 heterocycles. The number of amides is 1. The summed E-state index contributed by atoms with van der Waals surface area (Å²) in [4.78, 5) is 58.9. The second-order valence-electron chi connectivity index (χ2n) is 6.59. The lowest BCUT2D eigenvalue weighted by Gasteiger charge is -2.32. The van der Waals surface area contributed by atoms with E-state index in [9.17, 15) is 19.2 Å². The van der Waals surface area contributed by atoms with Gasteiger partial charge in [0.2, 0.25) is 5.91 Å². The Balaban J connectivity index is 1.76. The largest absolute Gasteiger partial charge is 0.342 e. The molecule has 0 bridgehead atoms. The number of likely N-dealkylation sites (tertiary alicyclic amines) is 1. The van der Waals surface area contributed by atoms with Gasteiger partial charge in [-0.1, -0.05) is 0 Å². The van der Waals surface area contributed by atoms with E-state index in [-0.39, 0.29) is 29.4 Å². The standard InChI is InChI=1S/C17H21N5O4/c1-10-19-13(7-14(23)20-10)11-4-3-5-22(9-11)15(24)6-12-8-18-17(26)21(2)16(12)25/h7-8,11H,3-6,9H2,1-2H3,(H,18,26)(H,19,20,23)/t11-/m1/s1. The fraction of sp³-hybridized carbons (Fsp3) is 0.471. The summed E-state index contributed by atoms with van der Waals surface area (Å²) >= 11 is 0. The van der Waals surface area contributed by atoms with Gasteiger partial charge in [-0.2, -0.15) is 0 Å². The van der Waals surface area contributed by atoms with Crippen molar-refractivity contribution in [2.45, 2.75) is 32.1 Å². The third kappa shape index (κ3) is 3.66. The van der Waals surface area contributed by atoms with E-state index in [0.717, 1.165) is 17.4 Å². The molecular formula is C17H21N5O4. The van der Waals surface area contributed by atoms with Gasteiger partial charge in [-0.3, -0.25) is 19.0 Å². The number of nitrogens with zero attached hydrogens (tertiary/aromatic N) is 3. The van der Waals surface area contributed by atoms with Crippen molar-refractivity contribution in [2.75, 3.05) is 13.1 Å². The molecule has 2 aromatic rings. The van der Waals surface area contributed by atoms with Crippen LogP contribution in [-0.4, -0.2) is 43.4 Å². The van der Waals surface area contributed by atoms with Crippen LogP contribution in [0.3, 0.4) is 0 Å². The Bertz CT molecular complexity index is 1000. The topological polar surface area (TPSA) is 121 Å². The third-order valence-corrected chi connectivity index (χ3v) is 4.67. The summed E-state index contributed by atoms with van der Waals surface area (Å²) in [5.41, 5.74) is -0.247. The Hall–Kier alpha value is -2.97. The zero-order chi connectivity index (χ0) is 18.8. The Kier molecular flexibility index (Phi) is 4.88. The number of H-pyrrole nitrogens is 2. The van der Waals surface area contributed by atoms with Gasteiger partial charge in [0.1, 0.15) is 5.82 Å². The zero-order valence-electron chi connectivity index (χ0n) is 14.7. The van der Waals surface area contributed by atoms with Crippen LogP contribution in [0, 0.1) is 6.92 Å². The first-order valence-electron chi connectivity index (χ1n) is 8.48. The lowest BCUT2D eigenvalue weighted by molar-refractivity contribution is -0.131. The normalized spacial score (nSPS) is 17.3. The summed E-state index contributed by atoms with van der Waals surface area (Å²) in [5.74, 6) is 0.361. The minimum absolute atomic E-state index is 0.00730. The van der Waals surface area contributed by atoms with Gasteiger partial charge in [0.05, 0.1) is 12.1 Å². The number of hydrogen-bond donors (Lipinski definition) is 2. The quantitative estimate of drug-likeness (QED) is 0.759. The van der Waals surface area contributed by atoms with Crippen LogP contribution in [0.5, 0.6) is 0 Å². The molecule has 1 fully saturated rings. The van der Waals surface area contributed by atoms with Crippen LogP contribution in [0.4, 0.5) is 0 Å². The van der Waals surface area contributed by atoms with Crippen LogP contribution in [0.15, 0.2) is 26.6 Å². The van der Waals surface area contributed by atoms with Crippen LogP contribution in [0.25, 0.3) is 0 Å². The van der Waals surface area contributed by atoms with Crippen molar-refractivity contribution in [3.8, 4) is 0 Å². The van der Waals surface area contributed by atoms with E-state index in [1.807, 2.05) is 0 Å². The summed E-state index contributed by atoms with van der Waals surface area (Å²) in [6.45, 7) is 2.78. The number of aromatic nitrogens is 4. The molecule has 0 spiro atoms. The van der Waals surface area contributed by atoms with Gasteiger partial charge in [-0.25, -0.2) is 9.78 Å². The monoisotopic (exact) mass is 359 g/mol. The molecule has 1 atom stereocenters. The van der Waals surface area contributed by atoms with Gasteiger partial charge in [0, 0.05) is 43.9 Å². The average molecular weight is 359 g/mol. The first-order valence-corrected chi connectivity index (χ1v) is 8.48. The minimum atomic E-state index is -0.514. The van der Waals surface area contributed by atoms with Gasteiger partial charge >= 0.3 is 5.69 Å². The number of aromatic amines is 2. The molecule has 0 aliphatic carbocycles. The van der Waals surface area contributed by atoms with E-state index in [4.69, 9.17) is 0 Å². The van der Waals surface area contributed by atoms with E-state index in [2.05, 4.69) is 15.0 Å². The molecular weight excluding hydrogens is 338 g/mol. The molecule has 3 rings (SSSR count). The molecule has 0 radical (unpaired) electrons. The maximum Gasteiger partial charge on any atom is 0.328 e. The van der Waals surface area contributed by atoms with Crippen LogP contribution in [0.1, 0.15) is 35.8 Å². The maximum absolute atomic E-state index is 12.6. The fourth-order valence-corrected chi connectivity index (χ4v) is 3.27. The highest BCUT2D eigenvalue weighted by Crippen LogP contribution is 2.25. The highest BCUT2D eigenvalue weighted by Gasteiger charge is 2.26. The number of rotatable bonds is 3. The molecule has 1 amide bonds. The van der Waals surface area contributed by atoms with E-state index in [1.54, 1.807) is 11.8 Å². The summed E-state index contributed by atoms with van der Waals surface area (Å²) in [6.07, 6.45) is 2.87. The molecule has 2 N–H and O–H groups in total. The van der Waals surface area contributed by atoms with Gasteiger partial charge in [0.25, 0.3) is 11.1 Å². The van der Waals surface area contributed by atoms with E-state index in [0.29, 0.717) is 24.6 Å². The van der Waals surface area contributed by atoms with Gasteiger partial charge in [0.15, 0.2) is 0 Å². The molecule has 26 heavy (non-hydrogen) atoms. The molecule has 1 aliphatic heterocycles. The highest BCUT2D eigenvalue weighted by molar-refractivity contribution is 5.78. The van der Waals surface area contributed by atoms with Crippen molar-refractivity contribution >= 4 is 5.91 Å². The lowest BCUT2D eigenvalue weighted by Crippen LogP contribution is -2.42. The Morgan fingerprint density at radius 1 is 1.35 bits per heavy atom. The van der Waals surface area contributed by atoms with Gasteiger partial charge < -0.3 is 14.9 Å². The maximum atomic E-state index is 12.6. The van der Waals surface area contributed by atoms with Crippen molar-refractivity contribution in [2.24, 2.45) is 7.05 Å². The van der Waals surface area contributed by atoms with E-state index < -0.39 is 11.2 Å². The summed E-state index contributed by atoms with van der Waals surface area (Å²) < 4.78 is 0.949. The molecule has 9 nitrogen and oxygen atoms in total. The smallest absolute Gasteiger partial charge is 0.328 e. The number of carbonyl (C=O) groups excluding carboxylic acids is 1. The summed E-state index contributed by atoms with van der Waals surface area (Å²) in [5, 5.41) is 0. The molecule has 0 aromatic carbocycles. The fourth-order valence-electron chi connectivity index (χ4n) is 3.27. The zero-order valence-corrected chi connectivity index (χ0v) is 14.7. The van der Waals surface area contributed by atoms with E-state index in [1.165, 1.54) is 19.3 Å². The predicted molar refractivity (Wildman–Crippen MR) is 94.2 cm³/mol. The first kappa shape index (κ1) is 17.8. The molecule has 9 heteroatoms. The predicted octanol–water partition coefficient (Wildman–Crippen LogP) is -0.586. The Morgan fingerprint density at radius 3 is 2.85 bits per heavy atom. The van der Waals surface area contributed by atoms with Crippen molar-refractivity contribution < 1.29 is 4.79 Å². The molecule has 1 aliphatic rings. The van der Waals surface area contributed by atoms with Crippen molar-refractivity contribution in [3.05, 3.63) is 60.5 Å². The van der Waals surface area contributed by atoms with Crippen LogP contribution in [0.2, 0.25) is 0 Å². The van der Waals surface area contributed by atoms with Crippen LogP contribution < -0.4 is 16.8 Å². The average Bonchev–Trinajstić information content (AvgIpc) is 2.61. The van der Waals surface area contributed by atoms with Crippen LogP contribution >= 0.6 is 0 Å². The van der Waals surface area contributed by atoms with Crippen molar-refractivity contribution in [3.63, 3.8) is 0 Å². The third-order valence-electron chi connectivity index (χ3n) is 4.67. The molecule has 138 valence electrons. The van der Waals surface area contributed by atoms with Crippen molar-refractivity contribution in [1.29, 1.82) is 0 Å². The summed E-state index contributed by atoms with van der Waals surface area (Å²) in [6, 6.07) is 1.48. The number of hydrogen-bond acceptors (Lipinski definition) is 5.